The lowest BCUT2D eigenvalue weighted by atomic mass is 10.1. The van der Waals surface area contributed by atoms with Crippen LogP contribution in [0.15, 0.2) is 57.9 Å². The smallest absolute Gasteiger partial charge is 0.256 e. The number of halogens is 1. The SMILES string of the molecule is O=C(NCCc1cncs1)c1ccc2c(c1)NC(=O)c1cccc(F)c1S2. The molecule has 136 valence electrons. The van der Waals surface area contributed by atoms with Gasteiger partial charge < -0.3 is 10.6 Å². The summed E-state index contributed by atoms with van der Waals surface area (Å²) in [6, 6.07) is 9.43. The molecule has 0 aliphatic carbocycles. The van der Waals surface area contributed by atoms with E-state index >= 15 is 0 Å². The summed E-state index contributed by atoms with van der Waals surface area (Å²) in [5, 5.41) is 5.62. The number of carbonyl (C=O) groups is 2. The van der Waals surface area contributed by atoms with Crippen molar-refractivity contribution >= 4 is 40.6 Å². The molecule has 2 N–H and O–H groups in total. The summed E-state index contributed by atoms with van der Waals surface area (Å²) in [6.07, 6.45) is 2.49. The van der Waals surface area contributed by atoms with E-state index in [1.807, 2.05) is 0 Å². The molecule has 2 amide bonds. The lowest BCUT2D eigenvalue weighted by molar-refractivity contribution is 0.0952. The Bertz CT molecular complexity index is 1020. The Balaban J connectivity index is 1.52. The van der Waals surface area contributed by atoms with Gasteiger partial charge in [0.25, 0.3) is 11.8 Å². The van der Waals surface area contributed by atoms with Crippen LogP contribution in [0, 0.1) is 5.82 Å². The van der Waals surface area contributed by atoms with E-state index in [0.29, 0.717) is 29.1 Å². The monoisotopic (exact) mass is 399 g/mol. The Hall–Kier alpha value is -2.71. The average Bonchev–Trinajstić information content (AvgIpc) is 3.12. The van der Waals surface area contributed by atoms with E-state index in [0.717, 1.165) is 4.88 Å². The highest BCUT2D eigenvalue weighted by Gasteiger charge is 2.23. The number of amides is 2. The van der Waals surface area contributed by atoms with E-state index in [1.165, 1.54) is 23.9 Å². The molecule has 0 atom stereocenters. The third-order valence-corrected chi connectivity index (χ3v) is 6.09. The van der Waals surface area contributed by atoms with Gasteiger partial charge >= 0.3 is 0 Å². The van der Waals surface area contributed by atoms with Crippen molar-refractivity contribution < 1.29 is 14.0 Å². The quantitative estimate of drug-likeness (QED) is 0.696. The van der Waals surface area contributed by atoms with Crippen molar-refractivity contribution in [2.24, 2.45) is 0 Å². The second kappa shape index (κ2) is 7.50. The zero-order chi connectivity index (χ0) is 18.8. The van der Waals surface area contributed by atoms with Gasteiger partial charge in [0.05, 0.1) is 21.7 Å². The first-order valence-electron chi connectivity index (χ1n) is 8.19. The summed E-state index contributed by atoms with van der Waals surface area (Å²) in [5.41, 5.74) is 2.97. The molecule has 1 aromatic heterocycles. The maximum atomic E-state index is 14.1. The highest BCUT2D eigenvalue weighted by atomic mass is 32.2. The van der Waals surface area contributed by atoms with Gasteiger partial charge in [-0.2, -0.15) is 0 Å². The third kappa shape index (κ3) is 3.72. The Labute approximate surface area is 163 Å². The molecule has 0 spiro atoms. The highest BCUT2D eigenvalue weighted by molar-refractivity contribution is 7.99. The van der Waals surface area contributed by atoms with Crippen LogP contribution in [0.2, 0.25) is 0 Å². The molecule has 3 aromatic rings. The number of hydrogen-bond donors (Lipinski definition) is 2. The van der Waals surface area contributed by atoms with Crippen LogP contribution in [0.25, 0.3) is 0 Å². The second-order valence-corrected chi connectivity index (χ2v) is 7.88. The Morgan fingerprint density at radius 3 is 2.96 bits per heavy atom. The predicted molar refractivity (Wildman–Crippen MR) is 103 cm³/mol. The largest absolute Gasteiger partial charge is 0.352 e. The van der Waals surface area contributed by atoms with E-state index in [9.17, 15) is 14.0 Å². The molecule has 8 heteroatoms. The summed E-state index contributed by atoms with van der Waals surface area (Å²) in [6.45, 7) is 0.496. The van der Waals surface area contributed by atoms with Crippen LogP contribution >= 0.6 is 23.1 Å². The number of hydrogen-bond acceptors (Lipinski definition) is 5. The zero-order valence-corrected chi connectivity index (χ0v) is 15.6. The maximum Gasteiger partial charge on any atom is 0.256 e. The van der Waals surface area contributed by atoms with Crippen LogP contribution in [0.5, 0.6) is 0 Å². The van der Waals surface area contributed by atoms with Gasteiger partial charge in [0.1, 0.15) is 5.82 Å². The van der Waals surface area contributed by atoms with Gasteiger partial charge in [0.2, 0.25) is 0 Å². The third-order valence-electron chi connectivity index (χ3n) is 4.05. The van der Waals surface area contributed by atoms with E-state index in [2.05, 4.69) is 15.6 Å². The van der Waals surface area contributed by atoms with Crippen LogP contribution in [0.3, 0.4) is 0 Å². The van der Waals surface area contributed by atoms with Crippen molar-refractivity contribution in [3.8, 4) is 0 Å². The van der Waals surface area contributed by atoms with Gasteiger partial charge in [0.15, 0.2) is 0 Å². The summed E-state index contributed by atoms with van der Waals surface area (Å²) in [5.74, 6) is -1.06. The minimum Gasteiger partial charge on any atom is -0.352 e. The lowest BCUT2D eigenvalue weighted by Crippen LogP contribution is -2.25. The van der Waals surface area contributed by atoms with Crippen molar-refractivity contribution in [3.05, 3.63) is 69.9 Å². The Morgan fingerprint density at radius 2 is 2.15 bits per heavy atom. The molecule has 0 radical (unpaired) electrons. The fraction of sp³-hybridized carbons (Fsp3) is 0.105. The molecule has 2 aromatic carbocycles. The fourth-order valence-electron chi connectivity index (χ4n) is 2.72. The summed E-state index contributed by atoms with van der Waals surface area (Å²) in [4.78, 5) is 30.9. The molecule has 27 heavy (non-hydrogen) atoms. The van der Waals surface area contributed by atoms with Gasteiger partial charge in [-0.05, 0) is 30.3 Å². The van der Waals surface area contributed by atoms with Gasteiger partial charge in [0, 0.05) is 34.5 Å². The number of rotatable bonds is 4. The van der Waals surface area contributed by atoms with Crippen LogP contribution in [0.4, 0.5) is 10.1 Å². The molecule has 0 fully saturated rings. The molecule has 2 heterocycles. The van der Waals surface area contributed by atoms with Gasteiger partial charge in [-0.15, -0.1) is 11.3 Å². The van der Waals surface area contributed by atoms with Gasteiger partial charge in [-0.3, -0.25) is 14.6 Å². The number of benzene rings is 2. The molecule has 0 saturated carbocycles. The number of carbonyl (C=O) groups excluding carboxylic acids is 2. The molecule has 4 rings (SSSR count). The van der Waals surface area contributed by atoms with Gasteiger partial charge in [-0.25, -0.2) is 4.39 Å². The number of aromatic nitrogens is 1. The van der Waals surface area contributed by atoms with Gasteiger partial charge in [-0.1, -0.05) is 17.8 Å². The van der Waals surface area contributed by atoms with Crippen LogP contribution in [-0.4, -0.2) is 23.3 Å². The molecule has 1 aliphatic heterocycles. The van der Waals surface area contributed by atoms with E-state index < -0.39 is 11.7 Å². The minimum atomic E-state index is -0.439. The predicted octanol–water partition coefficient (Wildman–Crippen LogP) is 3.97. The first-order valence-corrected chi connectivity index (χ1v) is 9.89. The summed E-state index contributed by atoms with van der Waals surface area (Å²) < 4.78 is 14.1. The number of nitrogens with one attached hydrogen (secondary N) is 2. The van der Waals surface area contributed by atoms with Crippen molar-refractivity contribution in [2.75, 3.05) is 11.9 Å². The second-order valence-electron chi connectivity index (χ2n) is 5.86. The highest BCUT2D eigenvalue weighted by Crippen LogP contribution is 2.40. The zero-order valence-electron chi connectivity index (χ0n) is 14.0. The Morgan fingerprint density at radius 1 is 1.26 bits per heavy atom. The van der Waals surface area contributed by atoms with Crippen molar-refractivity contribution in [1.29, 1.82) is 0 Å². The summed E-state index contributed by atoms with van der Waals surface area (Å²) in [7, 11) is 0. The lowest BCUT2D eigenvalue weighted by Gasteiger charge is -2.09. The minimum absolute atomic E-state index is 0.227. The topological polar surface area (TPSA) is 71.1 Å². The maximum absolute atomic E-state index is 14.1. The van der Waals surface area contributed by atoms with Crippen molar-refractivity contribution in [2.45, 2.75) is 16.2 Å². The van der Waals surface area contributed by atoms with Crippen LogP contribution in [-0.2, 0) is 6.42 Å². The first-order chi connectivity index (χ1) is 13.1. The number of fused-ring (bicyclic) bond motifs is 2. The molecule has 1 aliphatic rings. The number of thiazole rings is 1. The molecule has 0 unspecified atom stereocenters. The van der Waals surface area contributed by atoms with E-state index in [1.54, 1.807) is 47.3 Å². The standard InChI is InChI=1S/C19H14FN3O2S2/c20-14-3-1-2-13-17(14)27-16-5-4-11(8-15(16)23-19(13)25)18(24)22-7-6-12-9-21-10-26-12/h1-5,8-10H,6-7H2,(H,22,24)(H,23,25). The summed E-state index contributed by atoms with van der Waals surface area (Å²) >= 11 is 2.72. The molecule has 0 bridgehead atoms. The molecule has 0 saturated heterocycles. The van der Waals surface area contributed by atoms with Crippen LogP contribution in [0.1, 0.15) is 25.6 Å². The van der Waals surface area contributed by atoms with E-state index in [4.69, 9.17) is 0 Å². The number of anilines is 1. The number of nitrogens with zero attached hydrogens (tertiary/aromatic N) is 1. The van der Waals surface area contributed by atoms with Crippen LogP contribution < -0.4 is 10.6 Å². The Kier molecular flexibility index (Phi) is 4.91. The molecular formula is C19H14FN3O2S2. The van der Waals surface area contributed by atoms with Crippen molar-refractivity contribution in [3.63, 3.8) is 0 Å². The average molecular weight is 399 g/mol. The fourth-order valence-corrected chi connectivity index (χ4v) is 4.33. The van der Waals surface area contributed by atoms with E-state index in [-0.39, 0.29) is 16.4 Å². The van der Waals surface area contributed by atoms with Crippen molar-refractivity contribution in [1.82, 2.24) is 10.3 Å². The molecular weight excluding hydrogens is 385 g/mol. The first kappa shape index (κ1) is 17.7. The molecule has 5 nitrogen and oxygen atoms in total. The normalized spacial score (nSPS) is 12.6.